The number of rotatable bonds is 6. The molecule has 0 saturated heterocycles. The maximum absolute atomic E-state index is 14.1. The van der Waals surface area contributed by atoms with E-state index < -0.39 is 28.3 Å². The molecule has 25 heavy (non-hydrogen) atoms. The molecule has 0 radical (unpaired) electrons. The van der Waals surface area contributed by atoms with Gasteiger partial charge in [-0.25, -0.2) is 12.8 Å². The summed E-state index contributed by atoms with van der Waals surface area (Å²) < 4.78 is 40.8. The van der Waals surface area contributed by atoms with Crippen molar-refractivity contribution >= 4 is 27.5 Å². The molecule has 0 saturated carbocycles. The minimum Gasteiger partial charge on any atom is -0.358 e. The third-order valence-electron chi connectivity index (χ3n) is 3.65. The maximum atomic E-state index is 14.1. The lowest BCUT2D eigenvalue weighted by Crippen LogP contribution is -2.39. The average molecular weight is 385 g/mol. The summed E-state index contributed by atoms with van der Waals surface area (Å²) in [7, 11) is -2.61. The SMILES string of the molecule is CNC(=O)CN(Cc1c(F)cccc1Cl)S(=O)(=O)c1ccc(C)cc1. The maximum Gasteiger partial charge on any atom is 0.243 e. The van der Waals surface area contributed by atoms with E-state index in [2.05, 4.69) is 5.32 Å². The van der Waals surface area contributed by atoms with E-state index in [1.54, 1.807) is 12.1 Å². The standard InChI is InChI=1S/C17H18ClFN2O3S/c1-12-6-8-13(9-7-12)25(23,24)21(11-17(22)20-2)10-14-15(18)4-3-5-16(14)19/h3-9H,10-11H2,1-2H3,(H,20,22). The molecule has 0 fully saturated rings. The van der Waals surface area contributed by atoms with Crippen LogP contribution < -0.4 is 5.32 Å². The number of nitrogens with zero attached hydrogens (tertiary/aromatic N) is 1. The fourth-order valence-electron chi connectivity index (χ4n) is 2.18. The number of benzene rings is 2. The number of amides is 1. The number of sulfonamides is 1. The first-order valence-corrected chi connectivity index (χ1v) is 9.28. The van der Waals surface area contributed by atoms with Crippen molar-refractivity contribution in [2.45, 2.75) is 18.4 Å². The minimum absolute atomic E-state index is 0.0174. The smallest absolute Gasteiger partial charge is 0.243 e. The molecule has 1 N–H and O–H groups in total. The third-order valence-corrected chi connectivity index (χ3v) is 5.81. The molecule has 0 spiro atoms. The van der Waals surface area contributed by atoms with Crippen LogP contribution in [0.5, 0.6) is 0 Å². The molecule has 2 aromatic rings. The van der Waals surface area contributed by atoms with Crippen LogP contribution in [0.4, 0.5) is 4.39 Å². The molecular formula is C17H18ClFN2O3S. The Balaban J connectivity index is 2.45. The lowest BCUT2D eigenvalue weighted by molar-refractivity contribution is -0.120. The van der Waals surface area contributed by atoms with Gasteiger partial charge in [0.1, 0.15) is 5.82 Å². The van der Waals surface area contributed by atoms with Gasteiger partial charge in [-0.1, -0.05) is 35.4 Å². The van der Waals surface area contributed by atoms with Crippen molar-refractivity contribution in [3.05, 3.63) is 64.4 Å². The first-order valence-electron chi connectivity index (χ1n) is 7.46. The van der Waals surface area contributed by atoms with Crippen molar-refractivity contribution in [3.8, 4) is 0 Å². The fraction of sp³-hybridized carbons (Fsp3) is 0.235. The largest absolute Gasteiger partial charge is 0.358 e. The van der Waals surface area contributed by atoms with Crippen molar-refractivity contribution < 1.29 is 17.6 Å². The summed E-state index contributed by atoms with van der Waals surface area (Å²) in [6.45, 7) is 1.03. The lowest BCUT2D eigenvalue weighted by Gasteiger charge is -2.22. The number of hydrogen-bond donors (Lipinski definition) is 1. The molecule has 0 aliphatic heterocycles. The van der Waals surface area contributed by atoms with Gasteiger partial charge in [0, 0.05) is 24.2 Å². The highest BCUT2D eigenvalue weighted by Crippen LogP contribution is 2.24. The molecule has 0 aromatic heterocycles. The summed E-state index contributed by atoms with van der Waals surface area (Å²) in [6.07, 6.45) is 0. The van der Waals surface area contributed by atoms with E-state index in [-0.39, 0.29) is 22.0 Å². The van der Waals surface area contributed by atoms with E-state index in [1.807, 2.05) is 6.92 Å². The molecule has 8 heteroatoms. The second-order valence-electron chi connectivity index (χ2n) is 5.46. The number of carbonyl (C=O) groups is 1. The first kappa shape index (κ1) is 19.4. The van der Waals surface area contributed by atoms with Gasteiger partial charge in [0.2, 0.25) is 15.9 Å². The second-order valence-corrected chi connectivity index (χ2v) is 7.80. The van der Waals surface area contributed by atoms with Gasteiger partial charge >= 0.3 is 0 Å². The van der Waals surface area contributed by atoms with Crippen LogP contribution in [0, 0.1) is 12.7 Å². The molecule has 2 aromatic carbocycles. The molecule has 1 amide bonds. The van der Waals surface area contributed by atoms with Gasteiger partial charge in [-0.15, -0.1) is 0 Å². The van der Waals surface area contributed by atoms with E-state index in [0.29, 0.717) is 0 Å². The summed E-state index contributed by atoms with van der Waals surface area (Å²) in [6, 6.07) is 10.3. The quantitative estimate of drug-likeness (QED) is 0.832. The zero-order chi connectivity index (χ0) is 18.6. The van der Waals surface area contributed by atoms with E-state index >= 15 is 0 Å². The van der Waals surface area contributed by atoms with Crippen molar-refractivity contribution in [3.63, 3.8) is 0 Å². The number of carbonyl (C=O) groups excluding carboxylic acids is 1. The van der Waals surface area contributed by atoms with Crippen molar-refractivity contribution in [2.24, 2.45) is 0 Å². The number of likely N-dealkylation sites (N-methyl/N-ethyl adjacent to an activating group) is 1. The average Bonchev–Trinajstić information content (AvgIpc) is 2.57. The summed E-state index contributed by atoms with van der Waals surface area (Å²) in [4.78, 5) is 11.8. The molecule has 0 unspecified atom stereocenters. The summed E-state index contributed by atoms with van der Waals surface area (Å²) in [5.74, 6) is -1.14. The number of hydrogen-bond acceptors (Lipinski definition) is 3. The van der Waals surface area contributed by atoms with Crippen molar-refractivity contribution in [2.75, 3.05) is 13.6 Å². The molecule has 0 aliphatic carbocycles. The van der Waals surface area contributed by atoms with Crippen molar-refractivity contribution in [1.82, 2.24) is 9.62 Å². The summed E-state index contributed by atoms with van der Waals surface area (Å²) in [5, 5.41) is 2.47. The molecular weight excluding hydrogens is 367 g/mol. The molecule has 2 rings (SSSR count). The topological polar surface area (TPSA) is 66.5 Å². The van der Waals surface area contributed by atoms with Crippen LogP contribution >= 0.6 is 11.6 Å². The molecule has 5 nitrogen and oxygen atoms in total. The van der Waals surface area contributed by atoms with Crippen LogP contribution in [0.3, 0.4) is 0 Å². The second kappa shape index (κ2) is 7.95. The molecule has 0 heterocycles. The van der Waals surface area contributed by atoms with Gasteiger partial charge in [0.25, 0.3) is 0 Å². The Hall–Kier alpha value is -1.96. The predicted octanol–water partition coefficient (Wildman–Crippen LogP) is 2.72. The lowest BCUT2D eigenvalue weighted by atomic mass is 10.2. The van der Waals surface area contributed by atoms with Crippen LogP contribution in [0.2, 0.25) is 5.02 Å². The zero-order valence-electron chi connectivity index (χ0n) is 13.8. The number of aryl methyl sites for hydroxylation is 1. The van der Waals surface area contributed by atoms with Crippen LogP contribution in [0.1, 0.15) is 11.1 Å². The Bertz CT molecular complexity index is 850. The predicted molar refractivity (Wildman–Crippen MR) is 94.3 cm³/mol. The first-order chi connectivity index (χ1) is 11.8. The molecule has 134 valence electrons. The van der Waals surface area contributed by atoms with Gasteiger partial charge in [-0.3, -0.25) is 4.79 Å². The highest BCUT2D eigenvalue weighted by atomic mass is 35.5. The Morgan fingerprint density at radius 3 is 2.40 bits per heavy atom. The number of nitrogens with one attached hydrogen (secondary N) is 1. The highest BCUT2D eigenvalue weighted by Gasteiger charge is 2.28. The van der Waals surface area contributed by atoms with E-state index in [4.69, 9.17) is 11.6 Å². The van der Waals surface area contributed by atoms with Crippen molar-refractivity contribution in [1.29, 1.82) is 0 Å². The molecule has 0 bridgehead atoms. The molecule has 0 atom stereocenters. The Morgan fingerprint density at radius 1 is 1.20 bits per heavy atom. The van der Waals surface area contributed by atoms with E-state index in [9.17, 15) is 17.6 Å². The highest BCUT2D eigenvalue weighted by molar-refractivity contribution is 7.89. The van der Waals surface area contributed by atoms with Gasteiger partial charge in [-0.05, 0) is 31.2 Å². The van der Waals surface area contributed by atoms with Gasteiger partial charge < -0.3 is 5.32 Å². The third kappa shape index (κ3) is 4.56. The fourth-order valence-corrected chi connectivity index (χ4v) is 3.77. The monoisotopic (exact) mass is 384 g/mol. The normalized spacial score (nSPS) is 11.6. The zero-order valence-corrected chi connectivity index (χ0v) is 15.4. The van der Waals surface area contributed by atoms with Crippen LogP contribution in [0.25, 0.3) is 0 Å². The Kier molecular flexibility index (Phi) is 6.16. The molecule has 0 aliphatic rings. The summed E-state index contributed by atoms with van der Waals surface area (Å²) >= 11 is 6.00. The van der Waals surface area contributed by atoms with Gasteiger partial charge in [0.15, 0.2) is 0 Å². The van der Waals surface area contributed by atoms with Crippen LogP contribution in [-0.4, -0.2) is 32.2 Å². The Morgan fingerprint density at radius 2 is 1.84 bits per heavy atom. The van der Waals surface area contributed by atoms with Crippen LogP contribution in [0.15, 0.2) is 47.4 Å². The van der Waals surface area contributed by atoms with E-state index in [1.165, 1.54) is 37.4 Å². The van der Waals surface area contributed by atoms with Crippen LogP contribution in [-0.2, 0) is 21.4 Å². The number of halogens is 2. The summed E-state index contributed by atoms with van der Waals surface area (Å²) in [5.41, 5.74) is 0.915. The minimum atomic E-state index is -4.01. The van der Waals surface area contributed by atoms with Gasteiger partial charge in [-0.2, -0.15) is 4.31 Å². The van der Waals surface area contributed by atoms with Gasteiger partial charge in [0.05, 0.1) is 11.4 Å². The van der Waals surface area contributed by atoms with E-state index in [0.717, 1.165) is 9.87 Å². The Labute approximate surface area is 151 Å².